The maximum Gasteiger partial charge on any atom is 0.145 e. The third-order valence-corrected chi connectivity index (χ3v) is 2.74. The van der Waals surface area contributed by atoms with E-state index in [0.29, 0.717) is 5.15 Å². The van der Waals surface area contributed by atoms with Crippen molar-refractivity contribution in [2.45, 2.75) is 33.2 Å². The summed E-state index contributed by atoms with van der Waals surface area (Å²) in [5.41, 5.74) is 1.07. The minimum absolute atomic E-state index is 0.00504. The lowest BCUT2D eigenvalue weighted by Gasteiger charge is -2.22. The number of aryl methyl sites for hydroxylation is 1. The molecule has 0 spiro atoms. The molecule has 0 saturated heterocycles. The van der Waals surface area contributed by atoms with Gasteiger partial charge < -0.3 is 5.32 Å². The van der Waals surface area contributed by atoms with Crippen LogP contribution in [0.25, 0.3) is 0 Å². The predicted octanol–water partition coefficient (Wildman–Crippen LogP) is 4.02. The minimum Gasteiger partial charge on any atom is -0.365 e. The van der Waals surface area contributed by atoms with E-state index in [1.54, 1.807) is 0 Å². The number of rotatable bonds is 1. The van der Waals surface area contributed by atoms with Gasteiger partial charge in [-0.3, -0.25) is 0 Å². The van der Waals surface area contributed by atoms with Gasteiger partial charge in [-0.2, -0.15) is 0 Å². The molecule has 0 bridgehead atoms. The molecular weight excluding hydrogens is 263 g/mol. The number of nitrogens with one attached hydrogen (secondary N) is 1. The maximum absolute atomic E-state index is 5.92. The van der Waals surface area contributed by atoms with Crippen molar-refractivity contribution in [2.75, 3.05) is 5.32 Å². The number of anilines is 1. The van der Waals surface area contributed by atoms with Gasteiger partial charge in [0.2, 0.25) is 0 Å². The quantitative estimate of drug-likeness (QED) is 0.784. The van der Waals surface area contributed by atoms with Crippen molar-refractivity contribution < 1.29 is 0 Å². The lowest BCUT2D eigenvalue weighted by atomic mass is 10.1. The summed E-state index contributed by atoms with van der Waals surface area (Å²) in [6, 6.07) is 1.96. The molecule has 0 aliphatic heterocycles. The first-order chi connectivity index (χ1) is 6.29. The summed E-state index contributed by atoms with van der Waals surface area (Å²) >= 11 is 9.25. The van der Waals surface area contributed by atoms with Crippen LogP contribution in [0.5, 0.6) is 0 Å². The molecule has 78 valence electrons. The van der Waals surface area contributed by atoms with Crippen LogP contribution in [0.2, 0.25) is 5.15 Å². The van der Waals surface area contributed by atoms with Gasteiger partial charge >= 0.3 is 0 Å². The van der Waals surface area contributed by atoms with E-state index in [9.17, 15) is 0 Å². The Balaban J connectivity index is 3.04. The van der Waals surface area contributed by atoms with E-state index in [0.717, 1.165) is 15.9 Å². The summed E-state index contributed by atoms with van der Waals surface area (Å²) in [5.74, 6) is 0.839. The van der Waals surface area contributed by atoms with E-state index in [2.05, 4.69) is 47.0 Å². The lowest BCUT2D eigenvalue weighted by molar-refractivity contribution is 0.629. The molecule has 0 aliphatic carbocycles. The Bertz CT molecular complexity index is 345. The molecule has 0 atom stereocenters. The topological polar surface area (TPSA) is 24.9 Å². The zero-order valence-electron chi connectivity index (χ0n) is 8.78. The highest BCUT2D eigenvalue weighted by atomic mass is 79.9. The number of halogens is 2. The summed E-state index contributed by atoms with van der Waals surface area (Å²) in [7, 11) is 0. The average Bonchev–Trinajstić information content (AvgIpc) is 1.97. The average molecular weight is 278 g/mol. The largest absolute Gasteiger partial charge is 0.365 e. The van der Waals surface area contributed by atoms with Crippen molar-refractivity contribution in [3.8, 4) is 0 Å². The third kappa shape index (κ3) is 3.14. The van der Waals surface area contributed by atoms with Crippen LogP contribution in [-0.2, 0) is 0 Å². The molecule has 0 amide bonds. The number of nitrogens with zero attached hydrogens (tertiary/aromatic N) is 1. The SMILES string of the molecule is Cc1cc(Br)c(Cl)nc1NC(C)(C)C. The van der Waals surface area contributed by atoms with Crippen LogP contribution in [0, 0.1) is 6.92 Å². The van der Waals surface area contributed by atoms with Crippen LogP contribution < -0.4 is 5.32 Å². The zero-order chi connectivity index (χ0) is 10.9. The second kappa shape index (κ2) is 4.07. The van der Waals surface area contributed by atoms with E-state index in [1.807, 2.05) is 13.0 Å². The molecule has 4 heteroatoms. The van der Waals surface area contributed by atoms with Crippen LogP contribution in [-0.4, -0.2) is 10.5 Å². The van der Waals surface area contributed by atoms with Gasteiger partial charge in [0.1, 0.15) is 11.0 Å². The fourth-order valence-corrected chi connectivity index (χ4v) is 1.61. The Kier molecular flexibility index (Phi) is 3.43. The number of hydrogen-bond acceptors (Lipinski definition) is 2. The van der Waals surface area contributed by atoms with Crippen LogP contribution in [0.15, 0.2) is 10.5 Å². The molecule has 0 aromatic carbocycles. The Morgan fingerprint density at radius 3 is 2.50 bits per heavy atom. The summed E-state index contributed by atoms with van der Waals surface area (Å²) < 4.78 is 0.830. The van der Waals surface area contributed by atoms with Crippen molar-refractivity contribution in [2.24, 2.45) is 0 Å². The van der Waals surface area contributed by atoms with Crippen LogP contribution in [0.4, 0.5) is 5.82 Å². The fraction of sp³-hybridized carbons (Fsp3) is 0.500. The monoisotopic (exact) mass is 276 g/mol. The Labute approximate surface area is 98.2 Å². The molecule has 0 aliphatic rings. The van der Waals surface area contributed by atoms with Gasteiger partial charge in [0.25, 0.3) is 0 Å². The van der Waals surface area contributed by atoms with Crippen molar-refractivity contribution >= 4 is 33.3 Å². The molecule has 1 N–H and O–H groups in total. The molecule has 1 aromatic heterocycles. The van der Waals surface area contributed by atoms with Crippen molar-refractivity contribution in [1.82, 2.24) is 4.98 Å². The van der Waals surface area contributed by atoms with Crippen LogP contribution in [0.1, 0.15) is 26.3 Å². The van der Waals surface area contributed by atoms with Crippen molar-refractivity contribution in [3.05, 3.63) is 21.3 Å². The second-order valence-corrected chi connectivity index (χ2v) is 5.51. The zero-order valence-corrected chi connectivity index (χ0v) is 11.1. The molecule has 0 saturated carbocycles. The first-order valence-corrected chi connectivity index (χ1v) is 5.57. The smallest absolute Gasteiger partial charge is 0.145 e. The van der Waals surface area contributed by atoms with Crippen molar-refractivity contribution in [1.29, 1.82) is 0 Å². The molecule has 1 aromatic rings. The highest BCUT2D eigenvalue weighted by Crippen LogP contribution is 2.26. The normalized spacial score (nSPS) is 11.6. The van der Waals surface area contributed by atoms with Crippen molar-refractivity contribution in [3.63, 3.8) is 0 Å². The molecule has 14 heavy (non-hydrogen) atoms. The Morgan fingerprint density at radius 1 is 1.43 bits per heavy atom. The van der Waals surface area contributed by atoms with Gasteiger partial charge in [-0.1, -0.05) is 11.6 Å². The number of pyridine rings is 1. The summed E-state index contributed by atoms with van der Waals surface area (Å²) in [6.45, 7) is 8.26. The molecule has 2 nitrogen and oxygen atoms in total. The molecule has 0 fully saturated rings. The summed E-state index contributed by atoms with van der Waals surface area (Å²) in [5, 5.41) is 3.79. The Hall–Kier alpha value is -0.280. The van der Waals surface area contributed by atoms with E-state index in [-0.39, 0.29) is 5.54 Å². The third-order valence-electron chi connectivity index (χ3n) is 1.62. The molecule has 0 unspecified atom stereocenters. The van der Waals surface area contributed by atoms with Gasteiger partial charge in [0.15, 0.2) is 0 Å². The first-order valence-electron chi connectivity index (χ1n) is 4.40. The fourth-order valence-electron chi connectivity index (χ4n) is 1.04. The minimum atomic E-state index is -0.00504. The van der Waals surface area contributed by atoms with Gasteiger partial charge in [-0.25, -0.2) is 4.98 Å². The first kappa shape index (κ1) is 11.8. The number of aromatic nitrogens is 1. The highest BCUT2D eigenvalue weighted by Gasteiger charge is 2.13. The Morgan fingerprint density at radius 2 is 2.00 bits per heavy atom. The molecule has 0 radical (unpaired) electrons. The molecular formula is C10H14BrClN2. The van der Waals surface area contributed by atoms with Gasteiger partial charge in [-0.05, 0) is 55.3 Å². The number of hydrogen-bond donors (Lipinski definition) is 1. The van der Waals surface area contributed by atoms with E-state index >= 15 is 0 Å². The van der Waals surface area contributed by atoms with Crippen LogP contribution in [0.3, 0.4) is 0 Å². The molecule has 1 rings (SSSR count). The van der Waals surface area contributed by atoms with Gasteiger partial charge in [0, 0.05) is 5.54 Å². The second-order valence-electron chi connectivity index (χ2n) is 4.30. The van der Waals surface area contributed by atoms with Gasteiger partial charge in [-0.15, -0.1) is 0 Å². The van der Waals surface area contributed by atoms with Crippen LogP contribution >= 0.6 is 27.5 Å². The maximum atomic E-state index is 5.92. The summed E-state index contributed by atoms with van der Waals surface area (Å²) in [4.78, 5) is 4.27. The van der Waals surface area contributed by atoms with E-state index < -0.39 is 0 Å². The van der Waals surface area contributed by atoms with E-state index in [1.165, 1.54) is 0 Å². The highest BCUT2D eigenvalue weighted by molar-refractivity contribution is 9.10. The standard InChI is InChI=1S/C10H14BrClN2/c1-6-5-7(11)8(12)13-9(6)14-10(2,3)4/h5H,1-4H3,(H,13,14). The molecule has 1 heterocycles. The predicted molar refractivity (Wildman–Crippen MR) is 65.1 cm³/mol. The van der Waals surface area contributed by atoms with E-state index in [4.69, 9.17) is 11.6 Å². The van der Waals surface area contributed by atoms with Gasteiger partial charge in [0.05, 0.1) is 4.47 Å². The lowest BCUT2D eigenvalue weighted by Crippen LogP contribution is -2.27. The summed E-state index contributed by atoms with van der Waals surface area (Å²) in [6.07, 6.45) is 0.